The van der Waals surface area contributed by atoms with Gasteiger partial charge < -0.3 is 4.74 Å². The fourth-order valence-electron chi connectivity index (χ4n) is 1.33. The van der Waals surface area contributed by atoms with Crippen LogP contribution in [0.15, 0.2) is 71.3 Å². The van der Waals surface area contributed by atoms with Gasteiger partial charge in [-0.25, -0.2) is 4.39 Å². The molecule has 0 aliphatic heterocycles. The third kappa shape index (κ3) is 14.2. The van der Waals surface area contributed by atoms with E-state index in [2.05, 4.69) is 46.9 Å². The molecule has 0 aliphatic rings. The molecule has 2 heteroatoms. The third-order valence-electron chi connectivity index (χ3n) is 3.47. The first-order valence-electron chi connectivity index (χ1n) is 8.80. The molecule has 0 saturated carbocycles. The van der Waals surface area contributed by atoms with E-state index in [0.717, 1.165) is 0 Å². The number of methoxy groups -OCH3 is 1. The first-order valence-corrected chi connectivity index (χ1v) is 8.80. The zero-order valence-electron chi connectivity index (χ0n) is 18.1. The lowest BCUT2D eigenvalue weighted by Gasteiger charge is -2.09. The summed E-state index contributed by atoms with van der Waals surface area (Å²) in [6, 6.07) is 0. The molecule has 0 aliphatic carbocycles. The van der Waals surface area contributed by atoms with Crippen LogP contribution in [0.1, 0.15) is 62.3 Å². The largest absolute Gasteiger partial charge is 0.494 e. The van der Waals surface area contributed by atoms with E-state index in [4.69, 9.17) is 4.74 Å². The van der Waals surface area contributed by atoms with Gasteiger partial charge >= 0.3 is 0 Å². The number of halogens is 1. The van der Waals surface area contributed by atoms with E-state index in [1.54, 1.807) is 6.92 Å². The SMILES string of the molecule is C=C/C(C)=C\C(C)=C(C)C.C=C/C=C(OC)\C(F)=C(/C)C(C)C.CC. The van der Waals surface area contributed by atoms with Crippen molar-refractivity contribution >= 4 is 0 Å². The van der Waals surface area contributed by atoms with Crippen LogP contribution in [-0.2, 0) is 4.74 Å². The molecule has 0 aromatic rings. The number of hydrogen-bond acceptors (Lipinski definition) is 1. The van der Waals surface area contributed by atoms with Gasteiger partial charge in [0.25, 0.3) is 0 Å². The molecule has 0 radical (unpaired) electrons. The summed E-state index contributed by atoms with van der Waals surface area (Å²) in [5.74, 6) is 0.127. The highest BCUT2D eigenvalue weighted by Gasteiger charge is 2.10. The smallest absolute Gasteiger partial charge is 0.164 e. The van der Waals surface area contributed by atoms with E-state index in [9.17, 15) is 4.39 Å². The van der Waals surface area contributed by atoms with E-state index in [1.165, 1.54) is 36.0 Å². The molecule has 25 heavy (non-hydrogen) atoms. The van der Waals surface area contributed by atoms with Crippen molar-refractivity contribution in [1.29, 1.82) is 0 Å². The Kier molecular flexibility index (Phi) is 19.0. The Morgan fingerprint density at radius 2 is 1.48 bits per heavy atom. The van der Waals surface area contributed by atoms with Crippen molar-refractivity contribution in [3.63, 3.8) is 0 Å². The van der Waals surface area contributed by atoms with Crippen molar-refractivity contribution in [2.24, 2.45) is 5.92 Å². The maximum absolute atomic E-state index is 13.5. The van der Waals surface area contributed by atoms with Gasteiger partial charge in [0.15, 0.2) is 11.6 Å². The van der Waals surface area contributed by atoms with E-state index in [0.29, 0.717) is 5.57 Å². The van der Waals surface area contributed by atoms with Crippen LogP contribution in [0.2, 0.25) is 0 Å². The average Bonchev–Trinajstić information content (AvgIpc) is 2.60. The van der Waals surface area contributed by atoms with Gasteiger partial charge in [0.1, 0.15) is 0 Å². The van der Waals surface area contributed by atoms with Gasteiger partial charge in [0.05, 0.1) is 7.11 Å². The fourth-order valence-corrected chi connectivity index (χ4v) is 1.33. The number of hydrogen-bond donors (Lipinski definition) is 0. The minimum Gasteiger partial charge on any atom is -0.494 e. The van der Waals surface area contributed by atoms with Crippen LogP contribution in [0, 0.1) is 5.92 Å². The van der Waals surface area contributed by atoms with Crippen molar-refractivity contribution in [2.45, 2.75) is 62.3 Å². The molecule has 0 heterocycles. The normalized spacial score (nSPS) is 12.0. The summed E-state index contributed by atoms with van der Waals surface area (Å²) in [5.41, 5.74) is 4.60. The summed E-state index contributed by atoms with van der Waals surface area (Å²) in [7, 11) is 1.45. The van der Waals surface area contributed by atoms with Crippen LogP contribution in [0.25, 0.3) is 0 Å². The summed E-state index contributed by atoms with van der Waals surface area (Å²) in [5, 5.41) is 0. The maximum atomic E-state index is 13.5. The van der Waals surface area contributed by atoms with Gasteiger partial charge in [-0.1, -0.05) is 75.8 Å². The zero-order valence-corrected chi connectivity index (χ0v) is 18.1. The maximum Gasteiger partial charge on any atom is 0.164 e. The third-order valence-corrected chi connectivity index (χ3v) is 3.47. The van der Waals surface area contributed by atoms with Gasteiger partial charge in [0.2, 0.25) is 0 Å². The van der Waals surface area contributed by atoms with Crippen molar-refractivity contribution in [3.8, 4) is 0 Å². The van der Waals surface area contributed by atoms with Gasteiger partial charge in [-0.05, 0) is 52.2 Å². The minimum absolute atomic E-state index is 0.184. The Bertz CT molecular complexity index is 510. The van der Waals surface area contributed by atoms with Crippen LogP contribution in [-0.4, -0.2) is 7.11 Å². The Balaban J connectivity index is -0.000000362. The first kappa shape index (κ1) is 28.0. The Morgan fingerprint density at radius 3 is 1.76 bits per heavy atom. The predicted molar refractivity (Wildman–Crippen MR) is 113 cm³/mol. The molecule has 0 aromatic carbocycles. The summed E-state index contributed by atoms with van der Waals surface area (Å²) in [6.45, 7) is 25.2. The van der Waals surface area contributed by atoms with E-state index in [-0.39, 0.29) is 17.5 Å². The van der Waals surface area contributed by atoms with Crippen molar-refractivity contribution in [1.82, 2.24) is 0 Å². The average molecular weight is 351 g/mol. The molecule has 0 amide bonds. The molecule has 0 saturated heterocycles. The summed E-state index contributed by atoms with van der Waals surface area (Å²) < 4.78 is 18.4. The quantitative estimate of drug-likeness (QED) is 0.347. The first-order chi connectivity index (χ1) is 11.6. The second-order valence-electron chi connectivity index (χ2n) is 5.90. The highest BCUT2D eigenvalue weighted by atomic mass is 19.1. The lowest BCUT2D eigenvalue weighted by Crippen LogP contribution is -1.96. The number of ether oxygens (including phenoxy) is 1. The van der Waals surface area contributed by atoms with Crippen molar-refractivity contribution in [3.05, 3.63) is 71.3 Å². The molecule has 0 rings (SSSR count). The molecule has 0 spiro atoms. The molecule has 0 fully saturated rings. The molecule has 1 nitrogen and oxygen atoms in total. The van der Waals surface area contributed by atoms with Crippen LogP contribution in [0.3, 0.4) is 0 Å². The molecule has 0 aromatic heterocycles. The molecular weight excluding hydrogens is 311 g/mol. The van der Waals surface area contributed by atoms with Crippen LogP contribution in [0.4, 0.5) is 4.39 Å². The lowest BCUT2D eigenvalue weighted by atomic mass is 10.0. The number of allylic oxidation sites excluding steroid dienone is 9. The molecule has 144 valence electrons. The van der Waals surface area contributed by atoms with Crippen molar-refractivity contribution in [2.75, 3.05) is 7.11 Å². The molecule has 0 bridgehead atoms. The van der Waals surface area contributed by atoms with Crippen molar-refractivity contribution < 1.29 is 9.13 Å². The minimum atomic E-state index is -0.294. The molecule has 0 atom stereocenters. The highest BCUT2D eigenvalue weighted by Crippen LogP contribution is 2.22. The predicted octanol–water partition coefficient (Wildman–Crippen LogP) is 8.10. The van der Waals surface area contributed by atoms with Gasteiger partial charge in [0, 0.05) is 0 Å². The Morgan fingerprint density at radius 1 is 1.00 bits per heavy atom. The molecular formula is C23H39FO. The summed E-state index contributed by atoms with van der Waals surface area (Å²) >= 11 is 0. The lowest BCUT2D eigenvalue weighted by molar-refractivity contribution is 0.281. The van der Waals surface area contributed by atoms with Crippen LogP contribution >= 0.6 is 0 Å². The van der Waals surface area contributed by atoms with Gasteiger partial charge in [-0.15, -0.1) is 0 Å². The van der Waals surface area contributed by atoms with Crippen LogP contribution < -0.4 is 0 Å². The van der Waals surface area contributed by atoms with Gasteiger partial charge in [-0.3, -0.25) is 0 Å². The molecule has 0 unspecified atom stereocenters. The van der Waals surface area contributed by atoms with E-state index < -0.39 is 0 Å². The second-order valence-corrected chi connectivity index (χ2v) is 5.90. The van der Waals surface area contributed by atoms with Gasteiger partial charge in [-0.2, -0.15) is 0 Å². The number of rotatable bonds is 6. The standard InChI is InChI=1S/C11H17FO.C10H16.C2H6/c1-6-7-10(13-5)11(12)9(4)8(2)3;1-6-9(4)7-10(5)8(2)3;1-2/h6-8H,1H2,2-5H3;6-7H,1H2,2-5H3;1-2H3/b10-7+,11-9-;9-7-;. The second kappa shape index (κ2) is 17.0. The molecule has 0 N–H and O–H groups in total. The summed E-state index contributed by atoms with van der Waals surface area (Å²) in [4.78, 5) is 0. The van der Waals surface area contributed by atoms with Crippen LogP contribution in [0.5, 0.6) is 0 Å². The monoisotopic (exact) mass is 350 g/mol. The zero-order chi connectivity index (χ0) is 20.6. The Hall–Kier alpha value is -1.83. The Labute approximate surface area is 156 Å². The van der Waals surface area contributed by atoms with E-state index in [1.807, 2.05) is 33.8 Å². The fraction of sp³-hybridized carbons (Fsp3) is 0.478. The topological polar surface area (TPSA) is 9.23 Å². The van der Waals surface area contributed by atoms with E-state index >= 15 is 0 Å². The highest BCUT2D eigenvalue weighted by molar-refractivity contribution is 5.29. The summed E-state index contributed by atoms with van der Waals surface area (Å²) in [6.07, 6.45) is 7.03.